The topological polar surface area (TPSA) is 29.9 Å². The first-order valence-corrected chi connectivity index (χ1v) is 7.77. The summed E-state index contributed by atoms with van der Waals surface area (Å²) in [7, 11) is 2.00. The van der Waals surface area contributed by atoms with Crippen molar-refractivity contribution in [2.75, 3.05) is 6.54 Å². The van der Waals surface area contributed by atoms with Crippen molar-refractivity contribution < 1.29 is 0 Å². The van der Waals surface area contributed by atoms with Gasteiger partial charge in [-0.15, -0.1) is 0 Å². The molecule has 0 spiro atoms. The number of nitrogens with one attached hydrogen (secondary N) is 1. The van der Waals surface area contributed by atoms with Crippen LogP contribution in [-0.4, -0.2) is 22.4 Å². The smallest absolute Gasteiger partial charge is 0.0521 e. The highest BCUT2D eigenvalue weighted by Gasteiger charge is 2.52. The molecule has 0 radical (unpaired) electrons. The van der Waals surface area contributed by atoms with Crippen LogP contribution in [0.1, 0.15) is 45.1 Å². The maximum Gasteiger partial charge on any atom is 0.0521 e. The van der Waals surface area contributed by atoms with Gasteiger partial charge in [0.25, 0.3) is 0 Å². The number of hydrogen-bond donors (Lipinski definition) is 1. The fraction of sp³-hybridized carbons (Fsp3) is 0.812. The van der Waals surface area contributed by atoms with E-state index >= 15 is 0 Å². The van der Waals surface area contributed by atoms with E-state index in [2.05, 4.69) is 30.5 Å². The van der Waals surface area contributed by atoms with E-state index in [-0.39, 0.29) is 0 Å². The molecule has 0 saturated heterocycles. The molecule has 2 fully saturated rings. The molecule has 0 aliphatic heterocycles. The van der Waals surface area contributed by atoms with E-state index in [4.69, 9.17) is 0 Å². The second kappa shape index (κ2) is 4.93. The Labute approximate surface area is 116 Å². The molecular weight excluding hydrogens is 234 g/mol. The Morgan fingerprint density at radius 2 is 2.16 bits per heavy atom. The molecule has 1 aromatic rings. The normalized spacial score (nSPS) is 32.8. The zero-order valence-corrected chi connectivity index (χ0v) is 12.5. The maximum atomic E-state index is 4.28. The van der Waals surface area contributed by atoms with Gasteiger partial charge in [-0.3, -0.25) is 4.68 Å². The van der Waals surface area contributed by atoms with E-state index in [0.717, 1.165) is 11.8 Å². The van der Waals surface area contributed by atoms with Gasteiger partial charge in [0, 0.05) is 25.8 Å². The largest absolute Gasteiger partial charge is 0.314 e. The van der Waals surface area contributed by atoms with Gasteiger partial charge in [-0.25, -0.2) is 0 Å². The number of nitrogens with zero attached hydrogens (tertiary/aromatic N) is 2. The van der Waals surface area contributed by atoms with Crippen LogP contribution in [0.25, 0.3) is 0 Å². The molecule has 1 N–H and O–H groups in total. The first-order valence-electron chi connectivity index (χ1n) is 7.77. The first kappa shape index (κ1) is 13.2. The Balaban J connectivity index is 1.59. The molecule has 0 aromatic carbocycles. The average Bonchev–Trinajstić information content (AvgIpc) is 2.80. The molecule has 2 atom stereocenters. The quantitative estimate of drug-likeness (QED) is 0.853. The molecule has 0 bridgehead atoms. The van der Waals surface area contributed by atoms with Crippen LogP contribution in [0.2, 0.25) is 0 Å². The molecule has 1 aromatic heterocycles. The van der Waals surface area contributed by atoms with Crippen LogP contribution in [-0.2, 0) is 13.5 Å². The zero-order chi connectivity index (χ0) is 13.5. The van der Waals surface area contributed by atoms with Gasteiger partial charge in [-0.2, -0.15) is 5.10 Å². The maximum absolute atomic E-state index is 4.28. The fourth-order valence-corrected chi connectivity index (χ4v) is 3.87. The second-order valence-electron chi connectivity index (χ2n) is 7.22. The zero-order valence-electron chi connectivity index (χ0n) is 12.5. The van der Waals surface area contributed by atoms with Crippen LogP contribution >= 0.6 is 0 Å². The summed E-state index contributed by atoms with van der Waals surface area (Å²) in [4.78, 5) is 0. The number of aromatic nitrogens is 2. The van der Waals surface area contributed by atoms with Crippen molar-refractivity contribution in [1.82, 2.24) is 15.1 Å². The van der Waals surface area contributed by atoms with Crippen LogP contribution in [0.5, 0.6) is 0 Å². The summed E-state index contributed by atoms with van der Waals surface area (Å²) in [6.45, 7) is 5.72. The predicted octanol–water partition coefficient (Wildman–Crippen LogP) is 2.77. The third-order valence-electron chi connectivity index (χ3n) is 5.05. The fourth-order valence-electron chi connectivity index (χ4n) is 3.87. The van der Waals surface area contributed by atoms with Gasteiger partial charge < -0.3 is 5.32 Å². The van der Waals surface area contributed by atoms with Gasteiger partial charge >= 0.3 is 0 Å². The van der Waals surface area contributed by atoms with Gasteiger partial charge in [-0.05, 0) is 54.9 Å². The van der Waals surface area contributed by atoms with E-state index < -0.39 is 0 Å². The second-order valence-corrected chi connectivity index (χ2v) is 7.22. The van der Waals surface area contributed by atoms with Crippen molar-refractivity contribution in [3.8, 4) is 0 Å². The molecule has 2 unspecified atom stereocenters. The number of fused-ring (bicyclic) bond motifs is 1. The molecule has 0 amide bonds. The summed E-state index contributed by atoms with van der Waals surface area (Å²) < 4.78 is 1.92. The summed E-state index contributed by atoms with van der Waals surface area (Å²) in [5.74, 6) is 2.12. The molecule has 106 valence electrons. The van der Waals surface area contributed by atoms with E-state index in [1.165, 1.54) is 44.2 Å². The Kier molecular flexibility index (Phi) is 3.42. The highest BCUT2D eigenvalue weighted by molar-refractivity contribution is 5.08. The third kappa shape index (κ3) is 3.02. The number of hydrogen-bond acceptors (Lipinski definition) is 2. The first-order chi connectivity index (χ1) is 9.06. The lowest BCUT2D eigenvalue weighted by atomic mass is 9.78. The van der Waals surface area contributed by atoms with Crippen LogP contribution in [0.15, 0.2) is 12.4 Å². The van der Waals surface area contributed by atoms with Crippen molar-refractivity contribution in [3.63, 3.8) is 0 Å². The van der Waals surface area contributed by atoms with E-state index in [1.54, 1.807) is 0 Å². The highest BCUT2D eigenvalue weighted by Crippen LogP contribution is 2.61. The molecule has 1 heterocycles. The van der Waals surface area contributed by atoms with Gasteiger partial charge in [0.2, 0.25) is 0 Å². The lowest BCUT2D eigenvalue weighted by Crippen LogP contribution is -2.37. The molecule has 2 saturated carbocycles. The Morgan fingerprint density at radius 3 is 2.74 bits per heavy atom. The minimum atomic E-state index is 0.563. The minimum absolute atomic E-state index is 0.563. The monoisotopic (exact) mass is 261 g/mol. The van der Waals surface area contributed by atoms with Gasteiger partial charge in [-0.1, -0.05) is 13.8 Å². The van der Waals surface area contributed by atoms with E-state index in [9.17, 15) is 0 Å². The standard InChI is InChI=1S/C16H27N3/c1-12(2)17-11-16(7-14-6-15(14)8-16)5-4-13-9-18-19(3)10-13/h9-10,12,14-15,17H,4-8,11H2,1-3H3. The summed E-state index contributed by atoms with van der Waals surface area (Å²) in [5.41, 5.74) is 1.96. The average molecular weight is 261 g/mol. The van der Waals surface area contributed by atoms with Crippen molar-refractivity contribution in [2.45, 2.75) is 52.0 Å². The molecule has 19 heavy (non-hydrogen) atoms. The van der Waals surface area contributed by atoms with Crippen LogP contribution in [0.4, 0.5) is 0 Å². The Morgan fingerprint density at radius 1 is 1.42 bits per heavy atom. The summed E-state index contributed by atoms with van der Waals surface area (Å²) in [5, 5.41) is 7.97. The summed E-state index contributed by atoms with van der Waals surface area (Å²) in [6, 6.07) is 0.604. The number of rotatable bonds is 6. The van der Waals surface area contributed by atoms with Crippen molar-refractivity contribution in [2.24, 2.45) is 24.3 Å². The summed E-state index contributed by atoms with van der Waals surface area (Å²) >= 11 is 0. The van der Waals surface area contributed by atoms with Gasteiger partial charge in [0.05, 0.1) is 6.20 Å². The lowest BCUT2D eigenvalue weighted by molar-refractivity contribution is 0.224. The third-order valence-corrected chi connectivity index (χ3v) is 5.05. The minimum Gasteiger partial charge on any atom is -0.314 e. The van der Waals surface area contributed by atoms with Crippen molar-refractivity contribution in [1.29, 1.82) is 0 Å². The van der Waals surface area contributed by atoms with E-state index in [1.807, 2.05) is 17.9 Å². The van der Waals surface area contributed by atoms with Crippen LogP contribution < -0.4 is 5.32 Å². The molecule has 3 heteroatoms. The van der Waals surface area contributed by atoms with Gasteiger partial charge in [0.15, 0.2) is 0 Å². The van der Waals surface area contributed by atoms with E-state index in [0.29, 0.717) is 11.5 Å². The molecule has 3 nitrogen and oxygen atoms in total. The van der Waals surface area contributed by atoms with Crippen LogP contribution in [0.3, 0.4) is 0 Å². The number of aryl methyl sites for hydroxylation is 2. The Hall–Kier alpha value is -0.830. The van der Waals surface area contributed by atoms with Gasteiger partial charge in [0.1, 0.15) is 0 Å². The SMILES string of the molecule is CC(C)NCC1(CCc2cnn(C)c2)CC2CC2C1. The summed E-state index contributed by atoms with van der Waals surface area (Å²) in [6.07, 6.45) is 11.1. The lowest BCUT2D eigenvalue weighted by Gasteiger charge is -2.32. The molecule has 2 aliphatic rings. The molecule has 3 rings (SSSR count). The highest BCUT2D eigenvalue weighted by atomic mass is 15.2. The molecule has 2 aliphatic carbocycles. The van der Waals surface area contributed by atoms with Crippen molar-refractivity contribution >= 4 is 0 Å². The van der Waals surface area contributed by atoms with Crippen molar-refractivity contribution in [3.05, 3.63) is 18.0 Å². The molecular formula is C16H27N3. The Bertz CT molecular complexity index is 425. The predicted molar refractivity (Wildman–Crippen MR) is 77.9 cm³/mol. The van der Waals surface area contributed by atoms with Crippen LogP contribution in [0, 0.1) is 17.3 Å².